The van der Waals surface area contributed by atoms with Gasteiger partial charge in [0.2, 0.25) is 5.91 Å². The highest BCUT2D eigenvalue weighted by atomic mass is 35.5. The van der Waals surface area contributed by atoms with Crippen LogP contribution in [0, 0.1) is 23.5 Å². The van der Waals surface area contributed by atoms with Crippen LogP contribution in [0.2, 0.25) is 0 Å². The van der Waals surface area contributed by atoms with E-state index in [1.54, 1.807) is 0 Å². The number of carbonyl (C=O) groups is 1. The summed E-state index contributed by atoms with van der Waals surface area (Å²) in [7, 11) is 0. The zero-order valence-corrected chi connectivity index (χ0v) is 12.7. The van der Waals surface area contributed by atoms with Gasteiger partial charge in [0.1, 0.15) is 0 Å². The molecule has 0 bridgehead atoms. The lowest BCUT2D eigenvalue weighted by Crippen LogP contribution is -2.35. The number of hydrogen-bond donors (Lipinski definition) is 3. The van der Waals surface area contributed by atoms with E-state index in [-0.39, 0.29) is 36.1 Å². The van der Waals surface area contributed by atoms with Gasteiger partial charge in [0, 0.05) is 31.5 Å². The van der Waals surface area contributed by atoms with Crippen LogP contribution in [-0.2, 0) is 4.79 Å². The van der Waals surface area contributed by atoms with E-state index in [0.717, 1.165) is 12.1 Å². The molecule has 122 valence electrons. The summed E-state index contributed by atoms with van der Waals surface area (Å²) in [6.45, 7) is 1.69. The molecule has 0 spiro atoms. The molecule has 22 heavy (non-hydrogen) atoms. The molecule has 1 aliphatic carbocycles. The van der Waals surface area contributed by atoms with Crippen LogP contribution in [0.5, 0.6) is 0 Å². The third-order valence-corrected chi connectivity index (χ3v) is 4.34. The van der Waals surface area contributed by atoms with Gasteiger partial charge in [0.25, 0.3) is 0 Å². The molecular weight excluding hydrogens is 314 g/mol. The zero-order valence-electron chi connectivity index (χ0n) is 11.9. The third kappa shape index (κ3) is 3.56. The highest BCUT2D eigenvalue weighted by Crippen LogP contribution is 2.47. The number of halogens is 3. The van der Waals surface area contributed by atoms with Crippen molar-refractivity contribution >= 4 is 18.3 Å². The molecule has 3 N–H and O–H groups in total. The minimum Gasteiger partial charge on any atom is -0.391 e. The highest BCUT2D eigenvalue weighted by Gasteiger charge is 2.44. The quantitative estimate of drug-likeness (QED) is 0.776. The van der Waals surface area contributed by atoms with Gasteiger partial charge in [-0.05, 0) is 30.0 Å². The van der Waals surface area contributed by atoms with Crippen molar-refractivity contribution in [2.24, 2.45) is 11.8 Å². The lowest BCUT2D eigenvalue weighted by atomic mass is 10.1. The van der Waals surface area contributed by atoms with E-state index in [1.165, 1.54) is 6.07 Å². The van der Waals surface area contributed by atoms with E-state index < -0.39 is 17.7 Å². The smallest absolute Gasteiger partial charge is 0.223 e. The summed E-state index contributed by atoms with van der Waals surface area (Å²) in [6, 6.07) is 3.79. The maximum atomic E-state index is 13.2. The molecule has 1 saturated heterocycles. The molecule has 3 rings (SSSR count). The van der Waals surface area contributed by atoms with Crippen molar-refractivity contribution < 1.29 is 18.7 Å². The molecule has 1 aromatic rings. The zero-order chi connectivity index (χ0) is 15.0. The first kappa shape index (κ1) is 17.1. The molecule has 2 fully saturated rings. The predicted molar refractivity (Wildman–Crippen MR) is 79.8 cm³/mol. The van der Waals surface area contributed by atoms with Gasteiger partial charge in [0.05, 0.1) is 6.10 Å². The van der Waals surface area contributed by atoms with Crippen molar-refractivity contribution in [1.82, 2.24) is 10.6 Å². The Kier molecular flexibility index (Phi) is 5.36. The number of amides is 1. The van der Waals surface area contributed by atoms with Crippen LogP contribution >= 0.6 is 12.4 Å². The van der Waals surface area contributed by atoms with Crippen molar-refractivity contribution in [1.29, 1.82) is 0 Å². The van der Waals surface area contributed by atoms with E-state index in [0.29, 0.717) is 31.6 Å². The van der Waals surface area contributed by atoms with Gasteiger partial charge in [-0.3, -0.25) is 4.79 Å². The molecule has 4 atom stereocenters. The van der Waals surface area contributed by atoms with Crippen LogP contribution < -0.4 is 10.6 Å². The Morgan fingerprint density at radius 3 is 2.73 bits per heavy atom. The monoisotopic (exact) mass is 332 g/mol. The lowest BCUT2D eigenvalue weighted by Gasteiger charge is -2.14. The van der Waals surface area contributed by atoms with Crippen LogP contribution in [0.25, 0.3) is 0 Å². The van der Waals surface area contributed by atoms with Gasteiger partial charge in [-0.1, -0.05) is 6.07 Å². The number of nitrogens with one attached hydrogen (secondary N) is 2. The maximum Gasteiger partial charge on any atom is 0.223 e. The van der Waals surface area contributed by atoms with E-state index >= 15 is 0 Å². The van der Waals surface area contributed by atoms with Crippen LogP contribution in [0.3, 0.4) is 0 Å². The number of hydrogen-bond acceptors (Lipinski definition) is 3. The van der Waals surface area contributed by atoms with E-state index in [2.05, 4.69) is 10.6 Å². The highest BCUT2D eigenvalue weighted by molar-refractivity contribution is 5.85. The summed E-state index contributed by atoms with van der Waals surface area (Å²) in [4.78, 5) is 12.0. The second-order valence-electron chi connectivity index (χ2n) is 5.85. The summed E-state index contributed by atoms with van der Waals surface area (Å²) in [5.74, 6) is -2.01. The molecule has 4 unspecified atom stereocenters. The molecule has 1 amide bonds. The standard InChI is InChI=1S/C15H18F2N2O2.ClH/c16-12-2-1-8(3-13(12)17)10-4-11(10)15(21)19-6-9-5-18-7-14(9)20;/h1-3,9-11,14,18,20H,4-7H2,(H,19,21);1H. The molecule has 1 aromatic carbocycles. The topological polar surface area (TPSA) is 61.4 Å². The fraction of sp³-hybridized carbons (Fsp3) is 0.533. The Balaban J connectivity index is 0.00000176. The fourth-order valence-corrected chi connectivity index (χ4v) is 2.89. The summed E-state index contributed by atoms with van der Waals surface area (Å²) < 4.78 is 26.1. The average Bonchev–Trinajstić information content (AvgIpc) is 3.16. The van der Waals surface area contributed by atoms with Gasteiger partial charge in [-0.15, -0.1) is 12.4 Å². The molecule has 1 saturated carbocycles. The number of carbonyl (C=O) groups excluding carboxylic acids is 1. The van der Waals surface area contributed by atoms with Crippen molar-refractivity contribution in [3.8, 4) is 0 Å². The molecule has 1 aliphatic heterocycles. The molecule has 2 aliphatic rings. The first-order valence-electron chi connectivity index (χ1n) is 7.17. The van der Waals surface area contributed by atoms with Crippen molar-refractivity contribution in [2.45, 2.75) is 18.4 Å². The Hall–Kier alpha value is -1.24. The lowest BCUT2D eigenvalue weighted by molar-refractivity contribution is -0.122. The Bertz CT molecular complexity index is 558. The van der Waals surface area contributed by atoms with Gasteiger partial charge in [-0.25, -0.2) is 8.78 Å². The summed E-state index contributed by atoms with van der Waals surface area (Å²) in [5, 5.41) is 15.5. The molecule has 0 aromatic heterocycles. The number of benzene rings is 1. The third-order valence-electron chi connectivity index (χ3n) is 4.34. The van der Waals surface area contributed by atoms with Gasteiger partial charge in [-0.2, -0.15) is 0 Å². The van der Waals surface area contributed by atoms with E-state index in [1.807, 2.05) is 0 Å². The Morgan fingerprint density at radius 2 is 2.09 bits per heavy atom. The van der Waals surface area contributed by atoms with Crippen molar-refractivity contribution in [3.05, 3.63) is 35.4 Å². The van der Waals surface area contributed by atoms with Gasteiger partial charge < -0.3 is 15.7 Å². The maximum absolute atomic E-state index is 13.2. The minimum absolute atomic E-state index is 0. The van der Waals surface area contributed by atoms with Crippen LogP contribution in [0.4, 0.5) is 8.78 Å². The first-order valence-corrected chi connectivity index (χ1v) is 7.17. The normalized spacial score (nSPS) is 29.8. The second-order valence-corrected chi connectivity index (χ2v) is 5.85. The van der Waals surface area contributed by atoms with E-state index in [9.17, 15) is 18.7 Å². The number of aliphatic hydroxyl groups excluding tert-OH is 1. The molecule has 4 nitrogen and oxygen atoms in total. The number of rotatable bonds is 4. The minimum atomic E-state index is -0.876. The second kappa shape index (κ2) is 6.89. The number of β-amino-alcohol motifs (C(OH)–C–C–N with tert-alkyl or cyclic N) is 1. The van der Waals surface area contributed by atoms with Crippen LogP contribution in [0.15, 0.2) is 18.2 Å². The first-order chi connectivity index (χ1) is 10.1. The van der Waals surface area contributed by atoms with Gasteiger partial charge in [0.15, 0.2) is 11.6 Å². The molecule has 7 heteroatoms. The largest absolute Gasteiger partial charge is 0.391 e. The summed E-state index contributed by atoms with van der Waals surface area (Å²) in [6.07, 6.45) is 0.231. The number of aliphatic hydroxyl groups is 1. The SMILES string of the molecule is Cl.O=C(NCC1CNCC1O)C1CC1c1ccc(F)c(F)c1. The predicted octanol–water partition coefficient (Wildman–Crippen LogP) is 1.19. The average molecular weight is 333 g/mol. The summed E-state index contributed by atoms with van der Waals surface area (Å²) in [5.41, 5.74) is 0.664. The summed E-state index contributed by atoms with van der Waals surface area (Å²) >= 11 is 0. The molecular formula is C15H19ClF2N2O2. The van der Waals surface area contributed by atoms with Crippen LogP contribution in [-0.4, -0.2) is 36.8 Å². The van der Waals surface area contributed by atoms with E-state index in [4.69, 9.17) is 0 Å². The Labute approximate surface area is 133 Å². The van der Waals surface area contributed by atoms with Crippen molar-refractivity contribution in [2.75, 3.05) is 19.6 Å². The van der Waals surface area contributed by atoms with Crippen molar-refractivity contribution in [3.63, 3.8) is 0 Å². The van der Waals surface area contributed by atoms with Crippen LogP contribution in [0.1, 0.15) is 17.9 Å². The molecule has 1 heterocycles. The van der Waals surface area contributed by atoms with Gasteiger partial charge >= 0.3 is 0 Å². The fourth-order valence-electron chi connectivity index (χ4n) is 2.89. The Morgan fingerprint density at radius 1 is 1.32 bits per heavy atom. The molecule has 0 radical (unpaired) electrons.